The Labute approximate surface area is 37.4 Å². The van der Waals surface area contributed by atoms with E-state index in [1.807, 2.05) is 0 Å². The summed E-state index contributed by atoms with van der Waals surface area (Å²) >= 11 is 0. The van der Waals surface area contributed by atoms with Gasteiger partial charge in [0.15, 0.2) is 0 Å². The monoisotopic (exact) mass is 89.1 g/mol. The Morgan fingerprint density at radius 3 is 2.33 bits per heavy atom. The fourth-order valence-corrected chi connectivity index (χ4v) is 0.118. The molecule has 0 aromatic heterocycles. The molecule has 0 saturated heterocycles. The lowest BCUT2D eigenvalue weighted by Crippen LogP contribution is -2.21. The van der Waals surface area contributed by atoms with Crippen LogP contribution in [0.25, 0.3) is 0 Å². The first kappa shape index (κ1) is 5.92. The average Bonchev–Trinajstić information content (AvgIpc) is 1.65. The van der Waals surface area contributed by atoms with Crippen LogP contribution < -0.4 is 5.11 Å². The first-order valence-corrected chi connectivity index (χ1v) is 2.07. The van der Waals surface area contributed by atoms with Gasteiger partial charge in [0.1, 0.15) is 0 Å². The fourth-order valence-electron chi connectivity index (χ4n) is 0.118. The summed E-state index contributed by atoms with van der Waals surface area (Å²) in [5.41, 5.74) is 0. The van der Waals surface area contributed by atoms with E-state index in [4.69, 9.17) is 5.11 Å². The van der Waals surface area contributed by atoms with Gasteiger partial charge in [-0.05, 0) is 6.42 Å². The first-order valence-electron chi connectivity index (χ1n) is 2.07. The van der Waals surface area contributed by atoms with Crippen LogP contribution >= 0.6 is 0 Å². The Hall–Kier alpha value is -0.0800. The van der Waals surface area contributed by atoms with Gasteiger partial charge in [-0.3, -0.25) is 0 Å². The zero-order valence-electron chi connectivity index (χ0n) is 3.85. The van der Waals surface area contributed by atoms with Gasteiger partial charge in [-0.25, -0.2) is 0 Å². The van der Waals surface area contributed by atoms with E-state index >= 15 is 0 Å². The van der Waals surface area contributed by atoms with Crippen LogP contribution in [0.4, 0.5) is 0 Å². The normalized spacial score (nSPS) is 14.5. The third-order valence-electron chi connectivity index (χ3n) is 0.664. The lowest BCUT2D eigenvalue weighted by molar-refractivity contribution is -0.383. The van der Waals surface area contributed by atoms with E-state index in [9.17, 15) is 5.11 Å². The van der Waals surface area contributed by atoms with Crippen LogP contribution in [-0.4, -0.2) is 17.8 Å². The second kappa shape index (κ2) is 3.12. The Kier molecular flexibility index (Phi) is 3.08. The molecule has 0 radical (unpaired) electrons. The summed E-state index contributed by atoms with van der Waals surface area (Å²) in [4.78, 5) is 0. The first-order chi connectivity index (χ1) is 2.81. The van der Waals surface area contributed by atoms with Crippen LogP contribution in [0.1, 0.15) is 13.3 Å². The topological polar surface area (TPSA) is 43.3 Å². The van der Waals surface area contributed by atoms with E-state index < -0.39 is 6.10 Å². The van der Waals surface area contributed by atoms with Crippen molar-refractivity contribution in [3.8, 4) is 0 Å². The molecule has 2 heteroatoms. The predicted molar refractivity (Wildman–Crippen MR) is 21.2 cm³/mol. The fraction of sp³-hybridized carbons (Fsp3) is 1.00. The summed E-state index contributed by atoms with van der Waals surface area (Å²) in [6, 6.07) is 0. The molecule has 6 heavy (non-hydrogen) atoms. The maximum Gasteiger partial charge on any atom is 0.0385 e. The lowest BCUT2D eigenvalue weighted by Gasteiger charge is -2.07. The van der Waals surface area contributed by atoms with Crippen LogP contribution in [0.3, 0.4) is 0 Å². The molecule has 38 valence electrons. The molecule has 0 aliphatic heterocycles. The molecule has 0 spiro atoms. The summed E-state index contributed by atoms with van der Waals surface area (Å²) in [5.74, 6) is 0. The zero-order chi connectivity index (χ0) is 4.99. The van der Waals surface area contributed by atoms with Gasteiger partial charge in [0.05, 0.1) is 0 Å². The quantitative estimate of drug-likeness (QED) is 0.477. The molecule has 0 aromatic carbocycles. The number of hydrogen-bond donors (Lipinski definition) is 1. The van der Waals surface area contributed by atoms with Crippen molar-refractivity contribution in [2.75, 3.05) is 6.61 Å². The average molecular weight is 89.1 g/mol. The van der Waals surface area contributed by atoms with Gasteiger partial charge in [-0.15, -0.1) is 6.61 Å². The van der Waals surface area contributed by atoms with Crippen molar-refractivity contribution in [3.63, 3.8) is 0 Å². The van der Waals surface area contributed by atoms with E-state index in [1.165, 1.54) is 0 Å². The highest BCUT2D eigenvalue weighted by Gasteiger charge is 1.85. The van der Waals surface area contributed by atoms with E-state index in [1.54, 1.807) is 6.92 Å². The SMILES string of the molecule is CCC(O)C[O-]. The third kappa shape index (κ3) is 2.18. The minimum absolute atomic E-state index is 0.365. The van der Waals surface area contributed by atoms with Gasteiger partial charge in [0, 0.05) is 6.10 Å². The van der Waals surface area contributed by atoms with Gasteiger partial charge in [-0.2, -0.15) is 0 Å². The molecule has 2 nitrogen and oxygen atoms in total. The second-order valence-corrected chi connectivity index (χ2v) is 1.23. The summed E-state index contributed by atoms with van der Waals surface area (Å²) < 4.78 is 0. The smallest absolute Gasteiger partial charge is 0.0385 e. The molecule has 0 rings (SSSR count). The molecule has 0 fully saturated rings. The summed E-state index contributed by atoms with van der Waals surface area (Å²) in [7, 11) is 0. The summed E-state index contributed by atoms with van der Waals surface area (Å²) in [6.07, 6.45) is -0.0475. The third-order valence-corrected chi connectivity index (χ3v) is 0.664. The number of aliphatic hydroxyl groups excluding tert-OH is 1. The largest absolute Gasteiger partial charge is 0.853 e. The van der Waals surface area contributed by atoms with Crippen molar-refractivity contribution >= 4 is 0 Å². The maximum absolute atomic E-state index is 9.61. The van der Waals surface area contributed by atoms with Crippen molar-refractivity contribution in [3.05, 3.63) is 0 Å². The van der Waals surface area contributed by atoms with Crippen LogP contribution in [0.5, 0.6) is 0 Å². The van der Waals surface area contributed by atoms with Crippen molar-refractivity contribution in [2.24, 2.45) is 0 Å². The molecule has 0 saturated carbocycles. The molecule has 0 aromatic rings. The molecule has 0 heterocycles. The minimum Gasteiger partial charge on any atom is -0.853 e. The Morgan fingerprint density at radius 2 is 2.33 bits per heavy atom. The maximum atomic E-state index is 9.61. The van der Waals surface area contributed by atoms with E-state index in [-0.39, 0.29) is 6.61 Å². The van der Waals surface area contributed by atoms with E-state index in [0.29, 0.717) is 6.42 Å². The van der Waals surface area contributed by atoms with Gasteiger partial charge in [-0.1, -0.05) is 6.92 Å². The van der Waals surface area contributed by atoms with E-state index in [0.717, 1.165) is 0 Å². The van der Waals surface area contributed by atoms with Crippen molar-refractivity contribution < 1.29 is 10.2 Å². The van der Waals surface area contributed by atoms with Crippen LogP contribution in [0.15, 0.2) is 0 Å². The van der Waals surface area contributed by atoms with Crippen LogP contribution in [0.2, 0.25) is 0 Å². The summed E-state index contributed by atoms with van der Waals surface area (Å²) in [6.45, 7) is 1.42. The van der Waals surface area contributed by atoms with Crippen molar-refractivity contribution in [1.29, 1.82) is 0 Å². The number of rotatable bonds is 2. The van der Waals surface area contributed by atoms with Crippen LogP contribution in [-0.2, 0) is 0 Å². The van der Waals surface area contributed by atoms with Gasteiger partial charge in [0.25, 0.3) is 0 Å². The highest BCUT2D eigenvalue weighted by molar-refractivity contribution is 4.42. The van der Waals surface area contributed by atoms with Gasteiger partial charge < -0.3 is 10.2 Å². The van der Waals surface area contributed by atoms with Gasteiger partial charge in [0.2, 0.25) is 0 Å². The molecule has 0 aliphatic rings. The summed E-state index contributed by atoms with van der Waals surface area (Å²) in [5, 5.41) is 18.0. The number of hydrogen-bond acceptors (Lipinski definition) is 2. The van der Waals surface area contributed by atoms with Gasteiger partial charge >= 0.3 is 0 Å². The molecule has 1 N–H and O–H groups in total. The Balaban J connectivity index is 2.75. The molecule has 1 unspecified atom stereocenters. The molecule has 0 bridgehead atoms. The number of aliphatic hydroxyl groups is 1. The predicted octanol–water partition coefficient (Wildman–Crippen LogP) is -0.882. The lowest BCUT2D eigenvalue weighted by atomic mass is 10.3. The zero-order valence-corrected chi connectivity index (χ0v) is 3.85. The molecular weight excluding hydrogens is 80.0 g/mol. The highest BCUT2D eigenvalue weighted by Crippen LogP contribution is 1.81. The van der Waals surface area contributed by atoms with Crippen LogP contribution in [0, 0.1) is 0 Å². The second-order valence-electron chi connectivity index (χ2n) is 1.23. The van der Waals surface area contributed by atoms with Crippen molar-refractivity contribution in [1.82, 2.24) is 0 Å². The van der Waals surface area contributed by atoms with Crippen molar-refractivity contribution in [2.45, 2.75) is 19.4 Å². The Bertz CT molecular complexity index is 24.7. The minimum atomic E-state index is -0.620. The molecule has 1 atom stereocenters. The van der Waals surface area contributed by atoms with E-state index in [2.05, 4.69) is 0 Å². The standard InChI is InChI=1S/C4H9O2/c1-2-4(6)3-5/h4,6H,2-3H2,1H3/q-1. The molecule has 0 amide bonds. The molecular formula is C4H9O2-. The highest BCUT2D eigenvalue weighted by atomic mass is 16.3. The Morgan fingerprint density at radius 1 is 1.83 bits per heavy atom. The molecule has 0 aliphatic carbocycles.